The molecule has 0 bridgehead atoms. The van der Waals surface area contributed by atoms with Gasteiger partial charge in [-0.25, -0.2) is 21.9 Å². The van der Waals surface area contributed by atoms with Gasteiger partial charge in [-0.15, -0.1) is 0 Å². The van der Waals surface area contributed by atoms with Crippen LogP contribution in [0.4, 0.5) is 8.78 Å². The van der Waals surface area contributed by atoms with Crippen LogP contribution in [0, 0.1) is 0 Å². The van der Waals surface area contributed by atoms with Gasteiger partial charge in [0.25, 0.3) is 0 Å². The SMILES string of the molecule is CCS(=O)(=O)NC1CCC(F)(F)CC1. The van der Waals surface area contributed by atoms with E-state index in [0.29, 0.717) is 0 Å². The predicted molar refractivity (Wildman–Crippen MR) is 49.8 cm³/mol. The Balaban J connectivity index is 2.44. The Morgan fingerprint density at radius 3 is 2.29 bits per heavy atom. The third-order valence-electron chi connectivity index (χ3n) is 2.44. The van der Waals surface area contributed by atoms with Gasteiger partial charge in [0.15, 0.2) is 0 Å². The Morgan fingerprint density at radius 1 is 1.36 bits per heavy atom. The van der Waals surface area contributed by atoms with Crippen molar-refractivity contribution in [2.45, 2.75) is 44.6 Å². The molecule has 0 spiro atoms. The Bertz CT molecular complexity index is 280. The Labute approximate surface area is 82.9 Å². The second-order valence-electron chi connectivity index (χ2n) is 3.65. The highest BCUT2D eigenvalue weighted by molar-refractivity contribution is 7.89. The van der Waals surface area contributed by atoms with Crippen molar-refractivity contribution in [1.29, 1.82) is 0 Å². The molecule has 6 heteroatoms. The first kappa shape index (κ1) is 11.8. The van der Waals surface area contributed by atoms with E-state index in [1.165, 1.54) is 6.92 Å². The summed E-state index contributed by atoms with van der Waals surface area (Å²) in [6.07, 6.45) is 0.0201. The number of halogens is 2. The zero-order chi connectivity index (χ0) is 10.8. The Kier molecular flexibility index (Phi) is 3.47. The second-order valence-corrected chi connectivity index (χ2v) is 5.69. The van der Waals surface area contributed by atoms with Crippen LogP contribution in [-0.4, -0.2) is 26.1 Å². The van der Waals surface area contributed by atoms with E-state index in [1.54, 1.807) is 0 Å². The van der Waals surface area contributed by atoms with Gasteiger partial charge in [-0.1, -0.05) is 0 Å². The molecular weight excluding hydrogens is 212 g/mol. The van der Waals surface area contributed by atoms with E-state index < -0.39 is 15.9 Å². The van der Waals surface area contributed by atoms with E-state index in [-0.39, 0.29) is 37.5 Å². The molecule has 0 aromatic heterocycles. The summed E-state index contributed by atoms with van der Waals surface area (Å²) in [6, 6.07) is -0.306. The van der Waals surface area contributed by atoms with Crippen molar-refractivity contribution in [2.75, 3.05) is 5.75 Å². The molecule has 0 aliphatic heterocycles. The summed E-state index contributed by atoms with van der Waals surface area (Å²) in [5, 5.41) is 0. The van der Waals surface area contributed by atoms with Gasteiger partial charge in [0.05, 0.1) is 5.75 Å². The second kappa shape index (κ2) is 4.10. The maximum absolute atomic E-state index is 12.7. The van der Waals surface area contributed by atoms with Crippen LogP contribution in [0.5, 0.6) is 0 Å². The number of hydrogen-bond acceptors (Lipinski definition) is 2. The van der Waals surface area contributed by atoms with E-state index in [4.69, 9.17) is 0 Å². The summed E-state index contributed by atoms with van der Waals surface area (Å²) in [5.74, 6) is -2.60. The third-order valence-corrected chi connectivity index (χ3v) is 3.90. The number of alkyl halides is 2. The van der Waals surface area contributed by atoms with Crippen LogP contribution in [0.2, 0.25) is 0 Å². The highest BCUT2D eigenvalue weighted by Gasteiger charge is 2.35. The molecule has 14 heavy (non-hydrogen) atoms. The van der Waals surface area contributed by atoms with Gasteiger partial charge in [-0.05, 0) is 19.8 Å². The van der Waals surface area contributed by atoms with Gasteiger partial charge in [-0.3, -0.25) is 0 Å². The van der Waals surface area contributed by atoms with E-state index in [0.717, 1.165) is 0 Å². The molecule has 1 N–H and O–H groups in total. The quantitative estimate of drug-likeness (QED) is 0.794. The van der Waals surface area contributed by atoms with E-state index in [2.05, 4.69) is 4.72 Å². The van der Waals surface area contributed by atoms with Crippen molar-refractivity contribution >= 4 is 10.0 Å². The van der Waals surface area contributed by atoms with Gasteiger partial charge in [-0.2, -0.15) is 0 Å². The van der Waals surface area contributed by atoms with E-state index >= 15 is 0 Å². The number of rotatable bonds is 3. The molecule has 0 aromatic carbocycles. The molecule has 0 unspecified atom stereocenters. The van der Waals surface area contributed by atoms with Crippen molar-refractivity contribution < 1.29 is 17.2 Å². The van der Waals surface area contributed by atoms with Crippen molar-refractivity contribution in [3.63, 3.8) is 0 Å². The monoisotopic (exact) mass is 227 g/mol. The largest absolute Gasteiger partial charge is 0.248 e. The Morgan fingerprint density at radius 2 is 1.86 bits per heavy atom. The number of nitrogens with one attached hydrogen (secondary N) is 1. The first-order valence-corrected chi connectivity index (χ1v) is 6.38. The van der Waals surface area contributed by atoms with Gasteiger partial charge in [0, 0.05) is 18.9 Å². The fourth-order valence-electron chi connectivity index (χ4n) is 1.50. The maximum Gasteiger partial charge on any atom is 0.248 e. The lowest BCUT2D eigenvalue weighted by Crippen LogP contribution is -2.40. The van der Waals surface area contributed by atoms with Gasteiger partial charge in [0.2, 0.25) is 15.9 Å². The minimum absolute atomic E-state index is 0.000106. The van der Waals surface area contributed by atoms with Gasteiger partial charge < -0.3 is 0 Å². The smallest absolute Gasteiger partial charge is 0.212 e. The molecule has 1 rings (SSSR count). The minimum Gasteiger partial charge on any atom is -0.212 e. The molecule has 84 valence electrons. The first-order chi connectivity index (χ1) is 6.35. The molecule has 1 aliphatic carbocycles. The van der Waals surface area contributed by atoms with Crippen LogP contribution < -0.4 is 4.72 Å². The molecule has 0 saturated heterocycles. The molecular formula is C8H15F2NO2S. The number of sulfonamides is 1. The topological polar surface area (TPSA) is 46.2 Å². The van der Waals surface area contributed by atoms with Crippen LogP contribution in [0.3, 0.4) is 0 Å². The molecule has 0 radical (unpaired) electrons. The average molecular weight is 227 g/mol. The molecule has 1 saturated carbocycles. The molecule has 0 atom stereocenters. The summed E-state index contributed by atoms with van der Waals surface area (Å²) in [5.41, 5.74) is 0. The van der Waals surface area contributed by atoms with Crippen molar-refractivity contribution in [3.05, 3.63) is 0 Å². The third kappa shape index (κ3) is 3.49. The highest BCUT2D eigenvalue weighted by Crippen LogP contribution is 2.33. The van der Waals surface area contributed by atoms with Gasteiger partial charge >= 0.3 is 0 Å². The first-order valence-electron chi connectivity index (χ1n) is 4.72. The summed E-state index contributed by atoms with van der Waals surface area (Å²) in [7, 11) is -3.25. The normalized spacial score (nSPS) is 23.6. The zero-order valence-corrected chi connectivity index (χ0v) is 8.91. The van der Waals surface area contributed by atoms with E-state index in [1.807, 2.05) is 0 Å². The van der Waals surface area contributed by atoms with Crippen LogP contribution in [0.15, 0.2) is 0 Å². The lowest BCUT2D eigenvalue weighted by atomic mass is 9.93. The van der Waals surface area contributed by atoms with Crippen molar-refractivity contribution in [3.8, 4) is 0 Å². The van der Waals surface area contributed by atoms with Crippen LogP contribution in [0.1, 0.15) is 32.6 Å². The molecule has 0 amide bonds. The summed E-state index contributed by atoms with van der Waals surface area (Å²) in [4.78, 5) is 0. The molecule has 0 heterocycles. The summed E-state index contributed by atoms with van der Waals surface area (Å²) >= 11 is 0. The molecule has 1 aliphatic rings. The van der Waals surface area contributed by atoms with Crippen molar-refractivity contribution in [1.82, 2.24) is 4.72 Å². The predicted octanol–water partition coefficient (Wildman–Crippen LogP) is 1.50. The summed E-state index contributed by atoms with van der Waals surface area (Å²) < 4.78 is 50.1. The molecule has 1 fully saturated rings. The van der Waals surface area contributed by atoms with Crippen LogP contribution in [-0.2, 0) is 10.0 Å². The van der Waals surface area contributed by atoms with Gasteiger partial charge in [0.1, 0.15) is 0 Å². The minimum atomic E-state index is -3.25. The maximum atomic E-state index is 12.7. The van der Waals surface area contributed by atoms with Crippen LogP contribution >= 0.6 is 0 Å². The number of hydrogen-bond donors (Lipinski definition) is 1. The Hall–Kier alpha value is -0.230. The molecule has 0 aromatic rings. The molecule has 3 nitrogen and oxygen atoms in total. The fourth-order valence-corrected chi connectivity index (χ4v) is 2.41. The zero-order valence-electron chi connectivity index (χ0n) is 8.09. The highest BCUT2D eigenvalue weighted by atomic mass is 32.2. The van der Waals surface area contributed by atoms with E-state index in [9.17, 15) is 17.2 Å². The fraction of sp³-hybridized carbons (Fsp3) is 1.00. The lowest BCUT2D eigenvalue weighted by Gasteiger charge is -2.28. The standard InChI is InChI=1S/C8H15F2NO2S/c1-2-14(12,13)11-7-3-5-8(9,10)6-4-7/h7,11H,2-6H2,1H3. The summed E-state index contributed by atoms with van der Waals surface area (Å²) in [6.45, 7) is 1.53. The average Bonchev–Trinajstić information content (AvgIpc) is 2.09. The van der Waals surface area contributed by atoms with Crippen LogP contribution in [0.25, 0.3) is 0 Å². The lowest BCUT2D eigenvalue weighted by molar-refractivity contribution is -0.0387. The van der Waals surface area contributed by atoms with Crippen molar-refractivity contribution in [2.24, 2.45) is 0 Å².